The predicted octanol–water partition coefficient (Wildman–Crippen LogP) is 6.94. The number of benzene rings is 3. The van der Waals surface area contributed by atoms with E-state index in [4.69, 9.17) is 9.99 Å². The summed E-state index contributed by atoms with van der Waals surface area (Å²) in [7, 11) is 0. The minimum Gasteiger partial charge on any atom is -0.494 e. The van der Waals surface area contributed by atoms with Crippen molar-refractivity contribution in [1.82, 2.24) is 15.1 Å². The quantitative estimate of drug-likeness (QED) is 0.0742. The molecule has 0 unspecified atom stereocenters. The molecule has 0 atom stereocenters. The number of nitrogens with zero attached hydrogens (tertiary/aromatic N) is 3. The van der Waals surface area contributed by atoms with Crippen LogP contribution in [-0.2, 0) is 21.3 Å². The molecule has 0 bridgehead atoms. The minimum atomic E-state index is -0.407. The van der Waals surface area contributed by atoms with Crippen molar-refractivity contribution in [2.45, 2.75) is 51.5 Å². The molecule has 0 saturated carbocycles. The van der Waals surface area contributed by atoms with Gasteiger partial charge in [-0.2, -0.15) is 0 Å². The number of carbonyl (C=O) groups is 1. The first-order valence-electron chi connectivity index (χ1n) is 13.2. The first kappa shape index (κ1) is 30.7. The van der Waals surface area contributed by atoms with E-state index in [0.717, 1.165) is 28.9 Å². The number of aromatic nitrogens is 2. The lowest BCUT2D eigenvalue weighted by molar-refractivity contribution is -0.432. The molecule has 0 radical (unpaired) electrons. The molecule has 0 fully saturated rings. The average Bonchev–Trinajstić information content (AvgIpc) is 3.26. The molecule has 11 nitrogen and oxygen atoms in total. The van der Waals surface area contributed by atoms with Gasteiger partial charge in [0, 0.05) is 17.0 Å². The topological polar surface area (TPSA) is 140 Å². The van der Waals surface area contributed by atoms with E-state index in [1.54, 1.807) is 55.5 Å². The van der Waals surface area contributed by atoms with Gasteiger partial charge in [-0.15, -0.1) is 14.6 Å². The van der Waals surface area contributed by atoms with E-state index >= 15 is 0 Å². The molecular weight excluding hydrogens is 558 g/mol. The third-order valence-electron chi connectivity index (χ3n) is 6.37. The molecule has 1 amide bonds. The summed E-state index contributed by atoms with van der Waals surface area (Å²) in [6.07, 6.45) is 0. The van der Waals surface area contributed by atoms with E-state index in [1.807, 2.05) is 19.1 Å². The molecule has 12 heteroatoms. The SMILES string of the molecule is CCOc1ccc(C(C)(C)C)cc1CNC(=O)c1ccccc1N=Nc1c(C)[nH]n(-c2ccc(SOOO)cc2)c1=O. The molecule has 0 spiro atoms. The second kappa shape index (κ2) is 13.6. The van der Waals surface area contributed by atoms with Crippen molar-refractivity contribution in [2.24, 2.45) is 10.2 Å². The van der Waals surface area contributed by atoms with Gasteiger partial charge in [-0.1, -0.05) is 44.0 Å². The van der Waals surface area contributed by atoms with Gasteiger partial charge in [0.15, 0.2) is 5.69 Å². The number of ether oxygens (including phenoxy) is 1. The second-order valence-corrected chi connectivity index (χ2v) is 11.1. The monoisotopic (exact) mass is 591 g/mol. The van der Waals surface area contributed by atoms with Crippen LogP contribution in [0, 0.1) is 6.92 Å². The number of nitrogens with one attached hydrogen (secondary N) is 2. The largest absolute Gasteiger partial charge is 0.494 e. The van der Waals surface area contributed by atoms with Gasteiger partial charge in [-0.25, -0.2) is 9.94 Å². The molecule has 0 aliphatic heterocycles. The highest BCUT2D eigenvalue weighted by Crippen LogP contribution is 2.29. The Bertz CT molecular complexity index is 1620. The van der Waals surface area contributed by atoms with Crippen LogP contribution in [0.3, 0.4) is 0 Å². The summed E-state index contributed by atoms with van der Waals surface area (Å²) in [6, 6.07) is 19.6. The molecular formula is C30H33N5O6S. The van der Waals surface area contributed by atoms with Crippen LogP contribution in [0.1, 0.15) is 54.9 Å². The number of hydrogen-bond acceptors (Lipinski definition) is 9. The van der Waals surface area contributed by atoms with Gasteiger partial charge in [-0.05, 0) is 73.4 Å². The van der Waals surface area contributed by atoms with E-state index < -0.39 is 5.56 Å². The zero-order valence-electron chi connectivity index (χ0n) is 24.0. The fraction of sp³-hybridized carbons (Fsp3) is 0.267. The Hall–Kier alpha value is -4.23. The summed E-state index contributed by atoms with van der Waals surface area (Å²) in [5.41, 5.74) is 3.36. The lowest BCUT2D eigenvalue weighted by Crippen LogP contribution is -2.23. The third-order valence-corrected chi connectivity index (χ3v) is 6.96. The van der Waals surface area contributed by atoms with E-state index in [9.17, 15) is 9.59 Å². The number of amides is 1. The normalized spacial score (nSPS) is 11.7. The molecule has 4 rings (SSSR count). The Morgan fingerprint density at radius 2 is 1.81 bits per heavy atom. The maximum Gasteiger partial charge on any atom is 0.299 e. The maximum absolute atomic E-state index is 13.3. The van der Waals surface area contributed by atoms with Gasteiger partial charge in [0.25, 0.3) is 11.5 Å². The van der Waals surface area contributed by atoms with Crippen LogP contribution in [0.15, 0.2) is 86.6 Å². The van der Waals surface area contributed by atoms with Crippen LogP contribution < -0.4 is 15.6 Å². The Morgan fingerprint density at radius 1 is 1.07 bits per heavy atom. The number of azo groups is 1. The van der Waals surface area contributed by atoms with Crippen LogP contribution in [-0.4, -0.2) is 27.6 Å². The first-order valence-corrected chi connectivity index (χ1v) is 14.0. The van der Waals surface area contributed by atoms with Crippen molar-refractivity contribution < 1.29 is 24.2 Å². The highest BCUT2D eigenvalue weighted by Gasteiger charge is 2.18. The number of carbonyl (C=O) groups excluding carboxylic acids is 1. The summed E-state index contributed by atoms with van der Waals surface area (Å²) < 4.78 is 11.5. The summed E-state index contributed by atoms with van der Waals surface area (Å²) in [6.45, 7) is 10.8. The molecule has 1 heterocycles. The molecule has 42 heavy (non-hydrogen) atoms. The van der Waals surface area contributed by atoms with Crippen molar-refractivity contribution >= 4 is 29.3 Å². The summed E-state index contributed by atoms with van der Waals surface area (Å²) in [5.74, 6) is 0.392. The summed E-state index contributed by atoms with van der Waals surface area (Å²) >= 11 is 0.810. The standard InChI is InChI=1S/C30H33N5O6S/c1-6-39-26-16-11-21(30(3,4)5)17-20(26)18-31-28(36)24-9-7-8-10-25(24)32-33-27-19(2)34-35(29(27)37)22-12-14-23(15-13-22)42-41-40-38/h7-17,34,38H,6,18H2,1-5H3,(H,31,36). The number of rotatable bonds is 11. The average molecular weight is 592 g/mol. The summed E-state index contributed by atoms with van der Waals surface area (Å²) in [4.78, 5) is 27.0. The van der Waals surface area contributed by atoms with E-state index in [2.05, 4.69) is 56.9 Å². The lowest BCUT2D eigenvalue weighted by Gasteiger charge is -2.21. The van der Waals surface area contributed by atoms with Crippen LogP contribution >= 0.6 is 12.0 Å². The van der Waals surface area contributed by atoms with E-state index in [0.29, 0.717) is 34.1 Å². The minimum absolute atomic E-state index is 0.0569. The molecule has 3 N–H and O–H groups in total. The fourth-order valence-corrected chi connectivity index (χ4v) is 4.51. The molecule has 3 aromatic carbocycles. The van der Waals surface area contributed by atoms with Crippen LogP contribution in [0.5, 0.6) is 5.75 Å². The van der Waals surface area contributed by atoms with Gasteiger partial charge in [0.05, 0.1) is 41.3 Å². The van der Waals surface area contributed by atoms with Gasteiger partial charge in [-0.3, -0.25) is 14.7 Å². The van der Waals surface area contributed by atoms with Crippen molar-refractivity contribution in [3.8, 4) is 11.4 Å². The van der Waals surface area contributed by atoms with E-state index in [-0.39, 0.29) is 23.6 Å². The van der Waals surface area contributed by atoms with Crippen molar-refractivity contribution in [3.05, 3.63) is 99.5 Å². The smallest absolute Gasteiger partial charge is 0.299 e. The Morgan fingerprint density at radius 3 is 2.50 bits per heavy atom. The number of H-pyrrole nitrogens is 1. The van der Waals surface area contributed by atoms with Crippen LogP contribution in [0.25, 0.3) is 5.69 Å². The van der Waals surface area contributed by atoms with Crippen LogP contribution in [0.4, 0.5) is 11.4 Å². The zero-order chi connectivity index (χ0) is 30.3. The van der Waals surface area contributed by atoms with Crippen LogP contribution in [0.2, 0.25) is 0 Å². The Labute approximate surface area is 247 Å². The lowest BCUT2D eigenvalue weighted by atomic mass is 9.86. The molecule has 0 aliphatic carbocycles. The molecule has 1 aromatic heterocycles. The Kier molecular flexibility index (Phi) is 9.96. The molecule has 4 aromatic rings. The van der Waals surface area contributed by atoms with E-state index in [1.165, 1.54) is 4.68 Å². The summed E-state index contributed by atoms with van der Waals surface area (Å²) in [5, 5.41) is 26.3. The number of hydrogen-bond donors (Lipinski definition) is 3. The maximum atomic E-state index is 13.3. The van der Waals surface area contributed by atoms with Gasteiger partial charge >= 0.3 is 0 Å². The number of aryl methyl sites for hydroxylation is 1. The van der Waals surface area contributed by atoms with Gasteiger partial charge in [0.2, 0.25) is 0 Å². The van der Waals surface area contributed by atoms with Gasteiger partial charge < -0.3 is 10.1 Å². The third kappa shape index (κ3) is 7.34. The van der Waals surface area contributed by atoms with Crippen molar-refractivity contribution in [1.29, 1.82) is 0 Å². The number of aromatic amines is 1. The zero-order valence-corrected chi connectivity index (χ0v) is 24.8. The second-order valence-electron chi connectivity index (χ2n) is 10.4. The Balaban J connectivity index is 1.54. The van der Waals surface area contributed by atoms with Crippen molar-refractivity contribution in [2.75, 3.05) is 6.61 Å². The molecule has 220 valence electrons. The van der Waals surface area contributed by atoms with Crippen molar-refractivity contribution in [3.63, 3.8) is 0 Å². The van der Waals surface area contributed by atoms with Gasteiger partial charge in [0.1, 0.15) is 5.75 Å². The fourth-order valence-electron chi connectivity index (χ4n) is 4.15. The highest BCUT2D eigenvalue weighted by molar-refractivity contribution is 7.94. The first-order chi connectivity index (χ1) is 20.1. The molecule has 0 aliphatic rings. The predicted molar refractivity (Wildman–Crippen MR) is 160 cm³/mol. The molecule has 0 saturated heterocycles. The highest BCUT2D eigenvalue weighted by atomic mass is 32.2.